The van der Waals surface area contributed by atoms with Crippen LogP contribution >= 0.6 is 0 Å². The Morgan fingerprint density at radius 3 is 3.21 bits per heavy atom. The highest BCUT2D eigenvalue weighted by Gasteiger charge is 2.13. The van der Waals surface area contributed by atoms with Crippen LogP contribution in [-0.4, -0.2) is 24.1 Å². The molecule has 0 radical (unpaired) electrons. The van der Waals surface area contributed by atoms with Crippen molar-refractivity contribution in [2.45, 2.75) is 12.5 Å². The molecule has 2 N–H and O–H groups in total. The molecule has 0 aliphatic carbocycles. The van der Waals surface area contributed by atoms with Gasteiger partial charge in [0.15, 0.2) is 0 Å². The van der Waals surface area contributed by atoms with E-state index in [9.17, 15) is 0 Å². The molecule has 1 saturated heterocycles. The molecule has 1 aliphatic rings. The zero-order chi connectivity index (χ0) is 9.80. The summed E-state index contributed by atoms with van der Waals surface area (Å²) in [7, 11) is 0. The van der Waals surface area contributed by atoms with Gasteiger partial charge < -0.3 is 10.6 Å². The molecular formula is C10H12N4. The molecule has 2 heterocycles. The Hall–Kier alpha value is -1.60. The van der Waals surface area contributed by atoms with E-state index in [0.717, 1.165) is 25.3 Å². The highest BCUT2D eigenvalue weighted by molar-refractivity contribution is 5.39. The van der Waals surface area contributed by atoms with Gasteiger partial charge in [-0.05, 0) is 25.1 Å². The molecule has 1 aromatic heterocycles. The minimum absolute atomic E-state index is 0.441. The van der Waals surface area contributed by atoms with Crippen molar-refractivity contribution in [3.8, 4) is 6.07 Å². The van der Waals surface area contributed by atoms with Crippen LogP contribution in [0, 0.1) is 11.3 Å². The molecule has 1 fully saturated rings. The molecule has 14 heavy (non-hydrogen) atoms. The fourth-order valence-electron chi connectivity index (χ4n) is 1.56. The van der Waals surface area contributed by atoms with Gasteiger partial charge in [0.25, 0.3) is 0 Å². The van der Waals surface area contributed by atoms with E-state index in [4.69, 9.17) is 5.26 Å². The molecule has 0 spiro atoms. The number of anilines is 1. The summed E-state index contributed by atoms with van der Waals surface area (Å²) in [5.74, 6) is 0.790. The average molecular weight is 188 g/mol. The minimum atomic E-state index is 0.441. The first-order valence-electron chi connectivity index (χ1n) is 4.73. The molecule has 0 saturated carbocycles. The summed E-state index contributed by atoms with van der Waals surface area (Å²) >= 11 is 0. The number of rotatable bonds is 2. The van der Waals surface area contributed by atoms with E-state index < -0.39 is 0 Å². The van der Waals surface area contributed by atoms with Crippen LogP contribution in [0.15, 0.2) is 18.2 Å². The highest BCUT2D eigenvalue weighted by Crippen LogP contribution is 2.09. The Morgan fingerprint density at radius 1 is 1.57 bits per heavy atom. The zero-order valence-corrected chi connectivity index (χ0v) is 7.83. The third-order valence-corrected chi connectivity index (χ3v) is 2.28. The highest BCUT2D eigenvalue weighted by atomic mass is 15.1. The molecule has 1 unspecified atom stereocenters. The van der Waals surface area contributed by atoms with E-state index in [1.54, 1.807) is 6.07 Å². The second-order valence-electron chi connectivity index (χ2n) is 3.35. The summed E-state index contributed by atoms with van der Waals surface area (Å²) < 4.78 is 0. The number of pyridine rings is 1. The second-order valence-corrected chi connectivity index (χ2v) is 3.35. The smallest absolute Gasteiger partial charge is 0.142 e. The lowest BCUT2D eigenvalue weighted by atomic mass is 10.2. The first kappa shape index (κ1) is 8.97. The van der Waals surface area contributed by atoms with E-state index in [1.165, 1.54) is 0 Å². The van der Waals surface area contributed by atoms with E-state index in [2.05, 4.69) is 15.6 Å². The first-order valence-corrected chi connectivity index (χ1v) is 4.73. The lowest BCUT2D eigenvalue weighted by Crippen LogP contribution is -2.22. The number of nitrogens with zero attached hydrogens (tertiary/aromatic N) is 2. The maximum atomic E-state index is 8.67. The summed E-state index contributed by atoms with van der Waals surface area (Å²) in [5, 5.41) is 15.2. The van der Waals surface area contributed by atoms with Crippen molar-refractivity contribution in [1.82, 2.24) is 10.3 Å². The fourth-order valence-corrected chi connectivity index (χ4v) is 1.56. The van der Waals surface area contributed by atoms with Crippen LogP contribution in [0.4, 0.5) is 5.82 Å². The molecular weight excluding hydrogens is 176 g/mol. The Kier molecular flexibility index (Phi) is 2.61. The quantitative estimate of drug-likeness (QED) is 0.718. The van der Waals surface area contributed by atoms with Crippen molar-refractivity contribution < 1.29 is 0 Å². The molecule has 1 aliphatic heterocycles. The van der Waals surface area contributed by atoms with Crippen LogP contribution < -0.4 is 10.6 Å². The molecule has 72 valence electrons. The predicted octanol–water partition coefficient (Wildman–Crippen LogP) is 0.727. The van der Waals surface area contributed by atoms with Crippen molar-refractivity contribution >= 4 is 5.82 Å². The molecule has 4 nitrogen and oxygen atoms in total. The predicted molar refractivity (Wildman–Crippen MR) is 53.8 cm³/mol. The molecule has 0 aromatic carbocycles. The molecule has 0 bridgehead atoms. The van der Waals surface area contributed by atoms with Crippen LogP contribution in [-0.2, 0) is 0 Å². The summed E-state index contributed by atoms with van der Waals surface area (Å²) in [4.78, 5) is 4.15. The van der Waals surface area contributed by atoms with Gasteiger partial charge in [0.1, 0.15) is 17.6 Å². The Labute approximate surface area is 83.0 Å². The van der Waals surface area contributed by atoms with Gasteiger partial charge in [0.2, 0.25) is 0 Å². The Balaban J connectivity index is 2.05. The molecule has 2 rings (SSSR count). The molecule has 4 heteroatoms. The lowest BCUT2D eigenvalue weighted by Gasteiger charge is -2.11. The van der Waals surface area contributed by atoms with Gasteiger partial charge in [-0.15, -0.1) is 0 Å². The topological polar surface area (TPSA) is 60.7 Å². The number of nitrogens with one attached hydrogen (secondary N) is 2. The van der Waals surface area contributed by atoms with Crippen molar-refractivity contribution in [1.29, 1.82) is 5.26 Å². The van der Waals surface area contributed by atoms with Gasteiger partial charge in [-0.1, -0.05) is 6.07 Å². The summed E-state index contributed by atoms with van der Waals surface area (Å²) in [5.41, 5.74) is 0.459. The lowest BCUT2D eigenvalue weighted by molar-refractivity contribution is 0.787. The SMILES string of the molecule is N#Cc1cccc(NC2CCNC2)n1. The fraction of sp³-hybridized carbons (Fsp3) is 0.400. The summed E-state index contributed by atoms with van der Waals surface area (Å²) in [6.07, 6.45) is 1.11. The van der Waals surface area contributed by atoms with Gasteiger partial charge in [-0.3, -0.25) is 0 Å². The number of hydrogen-bond acceptors (Lipinski definition) is 4. The molecule has 0 amide bonds. The second kappa shape index (κ2) is 4.07. The van der Waals surface area contributed by atoms with Gasteiger partial charge in [-0.2, -0.15) is 5.26 Å². The van der Waals surface area contributed by atoms with Crippen molar-refractivity contribution in [3.05, 3.63) is 23.9 Å². The van der Waals surface area contributed by atoms with Gasteiger partial charge in [-0.25, -0.2) is 4.98 Å². The van der Waals surface area contributed by atoms with Crippen LogP contribution in [0.1, 0.15) is 12.1 Å². The summed E-state index contributed by atoms with van der Waals surface area (Å²) in [6.45, 7) is 2.02. The normalized spacial score (nSPS) is 20.4. The van der Waals surface area contributed by atoms with E-state index in [1.807, 2.05) is 18.2 Å². The zero-order valence-electron chi connectivity index (χ0n) is 7.83. The van der Waals surface area contributed by atoms with E-state index >= 15 is 0 Å². The Morgan fingerprint density at radius 2 is 2.50 bits per heavy atom. The largest absolute Gasteiger partial charge is 0.366 e. The number of nitriles is 1. The monoisotopic (exact) mass is 188 g/mol. The number of aromatic nitrogens is 1. The first-order chi connectivity index (χ1) is 6.88. The average Bonchev–Trinajstić information content (AvgIpc) is 2.71. The standard InChI is InChI=1S/C10H12N4/c11-6-8-2-1-3-10(13-8)14-9-4-5-12-7-9/h1-3,9,12H,4-5,7H2,(H,13,14). The molecule has 1 aromatic rings. The van der Waals surface area contributed by atoms with E-state index in [0.29, 0.717) is 11.7 Å². The van der Waals surface area contributed by atoms with Crippen LogP contribution in [0.25, 0.3) is 0 Å². The van der Waals surface area contributed by atoms with Crippen molar-refractivity contribution in [3.63, 3.8) is 0 Å². The van der Waals surface area contributed by atoms with Gasteiger partial charge in [0.05, 0.1) is 0 Å². The van der Waals surface area contributed by atoms with Crippen LogP contribution in [0.5, 0.6) is 0 Å². The van der Waals surface area contributed by atoms with Crippen molar-refractivity contribution in [2.24, 2.45) is 0 Å². The maximum Gasteiger partial charge on any atom is 0.142 e. The van der Waals surface area contributed by atoms with Crippen LogP contribution in [0.2, 0.25) is 0 Å². The van der Waals surface area contributed by atoms with Gasteiger partial charge >= 0.3 is 0 Å². The minimum Gasteiger partial charge on any atom is -0.366 e. The van der Waals surface area contributed by atoms with Crippen LogP contribution in [0.3, 0.4) is 0 Å². The number of hydrogen-bond donors (Lipinski definition) is 2. The third kappa shape index (κ3) is 2.01. The Bertz CT molecular complexity index is 349. The summed E-state index contributed by atoms with van der Waals surface area (Å²) in [6, 6.07) is 7.90. The van der Waals surface area contributed by atoms with Gasteiger partial charge in [0, 0.05) is 12.6 Å². The van der Waals surface area contributed by atoms with E-state index in [-0.39, 0.29) is 0 Å². The van der Waals surface area contributed by atoms with Crippen molar-refractivity contribution in [2.75, 3.05) is 18.4 Å². The molecule has 1 atom stereocenters. The third-order valence-electron chi connectivity index (χ3n) is 2.28. The maximum absolute atomic E-state index is 8.67.